The zero-order valence-electron chi connectivity index (χ0n) is 10.6. The zero-order chi connectivity index (χ0) is 12.6. The molecule has 0 nitrogen and oxygen atoms in total. The van der Waals surface area contributed by atoms with Crippen molar-refractivity contribution >= 4 is 0 Å². The normalized spacial score (nSPS) is 12.3. The molecule has 0 heterocycles. The highest BCUT2D eigenvalue weighted by atomic mass is 19.1. The van der Waals surface area contributed by atoms with E-state index in [2.05, 4.69) is 12.1 Å². The molecule has 94 valence electrons. The van der Waals surface area contributed by atoms with Gasteiger partial charge in [0.05, 0.1) is 0 Å². The molecule has 0 spiro atoms. The van der Waals surface area contributed by atoms with Gasteiger partial charge in [0.2, 0.25) is 0 Å². The molecule has 0 aliphatic heterocycles. The third kappa shape index (κ3) is 4.33. The first-order chi connectivity index (χ1) is 8.84. The van der Waals surface area contributed by atoms with Crippen LogP contribution in [0.5, 0.6) is 0 Å². The van der Waals surface area contributed by atoms with Crippen molar-refractivity contribution in [2.24, 2.45) is 0 Å². The molecule has 2 rings (SSSR count). The lowest BCUT2D eigenvalue weighted by molar-refractivity contribution is 0.306. The molecular weight excluding hydrogens is 223 g/mol. The second-order valence-corrected chi connectivity index (χ2v) is 4.66. The average molecular weight is 242 g/mol. The summed E-state index contributed by atoms with van der Waals surface area (Å²) in [5.41, 5.74) is 2.38. The number of benzene rings is 2. The maximum Gasteiger partial charge on any atom is 0.104 e. The number of halogens is 1. The van der Waals surface area contributed by atoms with E-state index in [0.717, 1.165) is 18.4 Å². The molecule has 0 fully saturated rings. The lowest BCUT2D eigenvalue weighted by Gasteiger charge is -2.08. The predicted octanol–water partition coefficient (Wildman–Crippen LogP) is 4.59. The molecule has 0 saturated heterocycles. The van der Waals surface area contributed by atoms with E-state index in [1.165, 1.54) is 5.56 Å². The number of alkyl halides is 1. The highest BCUT2D eigenvalue weighted by Crippen LogP contribution is 2.13. The van der Waals surface area contributed by atoms with Crippen molar-refractivity contribution in [3.63, 3.8) is 0 Å². The first-order valence-corrected chi connectivity index (χ1v) is 6.56. The Morgan fingerprint density at radius 1 is 0.778 bits per heavy atom. The summed E-state index contributed by atoms with van der Waals surface area (Å²) in [5, 5.41) is 0. The fraction of sp³-hybridized carbons (Fsp3) is 0.294. The highest BCUT2D eigenvalue weighted by Gasteiger charge is 2.07. The fourth-order valence-electron chi connectivity index (χ4n) is 2.14. The molecule has 2 aromatic carbocycles. The van der Waals surface area contributed by atoms with Crippen LogP contribution in [-0.4, -0.2) is 6.17 Å². The molecule has 1 heteroatoms. The van der Waals surface area contributed by atoms with Crippen LogP contribution < -0.4 is 0 Å². The molecule has 0 N–H and O–H groups in total. The molecule has 1 atom stereocenters. The van der Waals surface area contributed by atoms with Gasteiger partial charge in [-0.15, -0.1) is 0 Å². The molecule has 0 saturated carbocycles. The van der Waals surface area contributed by atoms with Gasteiger partial charge < -0.3 is 0 Å². The minimum atomic E-state index is -0.726. The van der Waals surface area contributed by atoms with Crippen LogP contribution in [0.1, 0.15) is 24.0 Å². The molecule has 0 amide bonds. The van der Waals surface area contributed by atoms with Crippen LogP contribution in [0.2, 0.25) is 0 Å². The van der Waals surface area contributed by atoms with Crippen LogP contribution in [0.25, 0.3) is 0 Å². The number of hydrogen-bond donors (Lipinski definition) is 0. The Hall–Kier alpha value is -1.63. The van der Waals surface area contributed by atoms with Gasteiger partial charge in [-0.2, -0.15) is 0 Å². The van der Waals surface area contributed by atoms with Gasteiger partial charge in [0.1, 0.15) is 6.17 Å². The largest absolute Gasteiger partial charge is 0.247 e. The van der Waals surface area contributed by atoms with E-state index < -0.39 is 6.17 Å². The van der Waals surface area contributed by atoms with E-state index in [9.17, 15) is 4.39 Å². The molecule has 0 unspecified atom stereocenters. The quantitative estimate of drug-likeness (QED) is 0.695. The lowest BCUT2D eigenvalue weighted by atomic mass is 10.0. The van der Waals surface area contributed by atoms with Crippen LogP contribution >= 0.6 is 0 Å². The number of rotatable bonds is 6. The Bertz CT molecular complexity index is 436. The van der Waals surface area contributed by atoms with E-state index in [0.29, 0.717) is 12.8 Å². The van der Waals surface area contributed by atoms with E-state index in [4.69, 9.17) is 0 Å². The second kappa shape index (κ2) is 6.95. The van der Waals surface area contributed by atoms with Crippen molar-refractivity contribution in [1.82, 2.24) is 0 Å². The Morgan fingerprint density at radius 3 is 1.94 bits per heavy atom. The molecular formula is C17H19F. The van der Waals surface area contributed by atoms with Crippen LogP contribution in [0.4, 0.5) is 4.39 Å². The molecule has 0 aliphatic carbocycles. The van der Waals surface area contributed by atoms with Gasteiger partial charge in [-0.25, -0.2) is 4.39 Å². The summed E-state index contributed by atoms with van der Waals surface area (Å²) < 4.78 is 13.8. The van der Waals surface area contributed by atoms with Crippen molar-refractivity contribution in [3.05, 3.63) is 71.8 Å². The van der Waals surface area contributed by atoms with E-state index in [1.807, 2.05) is 48.5 Å². The van der Waals surface area contributed by atoms with Gasteiger partial charge in [0, 0.05) is 6.42 Å². The Labute approximate surface area is 108 Å². The molecule has 0 aromatic heterocycles. The predicted molar refractivity (Wildman–Crippen MR) is 74.4 cm³/mol. The summed E-state index contributed by atoms with van der Waals surface area (Å²) in [7, 11) is 0. The molecule has 2 aromatic rings. The Morgan fingerprint density at radius 2 is 1.33 bits per heavy atom. The van der Waals surface area contributed by atoms with Crippen molar-refractivity contribution in [3.8, 4) is 0 Å². The minimum absolute atomic E-state index is 0.537. The third-order valence-electron chi connectivity index (χ3n) is 3.13. The van der Waals surface area contributed by atoms with E-state index >= 15 is 0 Å². The Kier molecular flexibility index (Phi) is 4.95. The molecule has 18 heavy (non-hydrogen) atoms. The molecule has 0 bridgehead atoms. The second-order valence-electron chi connectivity index (χ2n) is 4.66. The van der Waals surface area contributed by atoms with Crippen molar-refractivity contribution in [2.45, 2.75) is 31.9 Å². The number of hydrogen-bond acceptors (Lipinski definition) is 0. The van der Waals surface area contributed by atoms with E-state index in [-0.39, 0.29) is 0 Å². The standard InChI is InChI=1S/C17H19F/c18-17(14-16-10-5-2-6-11-16)13-7-12-15-8-3-1-4-9-15/h1-6,8-11,17H,7,12-14H2/t17-/m0/s1. The summed E-state index contributed by atoms with van der Waals surface area (Å²) in [6.45, 7) is 0. The first-order valence-electron chi connectivity index (χ1n) is 6.56. The molecule has 0 radical (unpaired) electrons. The molecule has 0 aliphatic rings. The lowest BCUT2D eigenvalue weighted by Crippen LogP contribution is -2.05. The van der Waals surface area contributed by atoms with Crippen LogP contribution in [0, 0.1) is 0 Å². The highest BCUT2D eigenvalue weighted by molar-refractivity contribution is 5.16. The number of aryl methyl sites for hydroxylation is 1. The van der Waals surface area contributed by atoms with Gasteiger partial charge in [-0.05, 0) is 30.4 Å². The van der Waals surface area contributed by atoms with Gasteiger partial charge in [0.25, 0.3) is 0 Å². The summed E-state index contributed by atoms with van der Waals surface area (Å²) in [6, 6.07) is 20.2. The SMILES string of the molecule is F[C@@H](CCCc1ccccc1)Cc1ccccc1. The fourth-order valence-corrected chi connectivity index (χ4v) is 2.14. The third-order valence-corrected chi connectivity index (χ3v) is 3.13. The van der Waals surface area contributed by atoms with Gasteiger partial charge in [-0.1, -0.05) is 60.7 Å². The van der Waals surface area contributed by atoms with Crippen molar-refractivity contribution < 1.29 is 4.39 Å². The summed E-state index contributed by atoms with van der Waals surface area (Å²) in [4.78, 5) is 0. The van der Waals surface area contributed by atoms with Gasteiger partial charge in [0.15, 0.2) is 0 Å². The topological polar surface area (TPSA) is 0 Å². The van der Waals surface area contributed by atoms with Crippen LogP contribution in [-0.2, 0) is 12.8 Å². The first kappa shape index (κ1) is 12.8. The smallest absolute Gasteiger partial charge is 0.104 e. The van der Waals surface area contributed by atoms with Gasteiger partial charge in [-0.3, -0.25) is 0 Å². The summed E-state index contributed by atoms with van der Waals surface area (Å²) >= 11 is 0. The van der Waals surface area contributed by atoms with Crippen LogP contribution in [0.15, 0.2) is 60.7 Å². The Balaban J connectivity index is 1.71. The maximum absolute atomic E-state index is 13.8. The summed E-state index contributed by atoms with van der Waals surface area (Å²) in [6.07, 6.45) is 2.34. The maximum atomic E-state index is 13.8. The van der Waals surface area contributed by atoms with Gasteiger partial charge >= 0.3 is 0 Å². The van der Waals surface area contributed by atoms with Crippen LogP contribution in [0.3, 0.4) is 0 Å². The minimum Gasteiger partial charge on any atom is -0.247 e. The zero-order valence-corrected chi connectivity index (χ0v) is 10.6. The van der Waals surface area contributed by atoms with E-state index in [1.54, 1.807) is 0 Å². The van der Waals surface area contributed by atoms with Crippen molar-refractivity contribution in [2.75, 3.05) is 0 Å². The average Bonchev–Trinajstić information content (AvgIpc) is 2.41. The monoisotopic (exact) mass is 242 g/mol. The van der Waals surface area contributed by atoms with Crippen molar-refractivity contribution in [1.29, 1.82) is 0 Å². The summed E-state index contributed by atoms with van der Waals surface area (Å²) in [5.74, 6) is 0.